The van der Waals surface area contributed by atoms with Gasteiger partial charge in [-0.15, -0.1) is 0 Å². The summed E-state index contributed by atoms with van der Waals surface area (Å²) in [5.74, 6) is 1.43. The molecule has 0 aliphatic rings. The fourth-order valence-electron chi connectivity index (χ4n) is 2.05. The molecule has 0 saturated carbocycles. The van der Waals surface area contributed by atoms with Crippen molar-refractivity contribution in [3.63, 3.8) is 0 Å². The van der Waals surface area contributed by atoms with Gasteiger partial charge in [0.25, 0.3) is 0 Å². The summed E-state index contributed by atoms with van der Waals surface area (Å²) in [6.45, 7) is 0. The number of likely N-dealkylation sites (N-methyl/N-ethyl adjacent to an activating group) is 1. The van der Waals surface area contributed by atoms with Gasteiger partial charge in [0, 0.05) is 24.2 Å². The molecule has 0 saturated heterocycles. The molecule has 0 bridgehead atoms. The van der Waals surface area contributed by atoms with Gasteiger partial charge in [-0.05, 0) is 24.7 Å². The SMILES string of the molecule is CNC(Cc1cc(OC)ncn1)c1cccc(OC)c1. The lowest BCUT2D eigenvalue weighted by atomic mass is 10.0. The van der Waals surface area contributed by atoms with Crippen molar-refractivity contribution in [3.05, 3.63) is 47.9 Å². The lowest BCUT2D eigenvalue weighted by Gasteiger charge is -2.17. The lowest BCUT2D eigenvalue weighted by molar-refractivity contribution is 0.395. The maximum absolute atomic E-state index is 5.26. The smallest absolute Gasteiger partial charge is 0.216 e. The van der Waals surface area contributed by atoms with Crippen LogP contribution in [0.1, 0.15) is 17.3 Å². The van der Waals surface area contributed by atoms with Crippen molar-refractivity contribution in [2.45, 2.75) is 12.5 Å². The van der Waals surface area contributed by atoms with Crippen LogP contribution in [0.3, 0.4) is 0 Å². The zero-order valence-electron chi connectivity index (χ0n) is 12.0. The molecule has 2 aromatic rings. The molecule has 1 aromatic carbocycles. The summed E-state index contributed by atoms with van der Waals surface area (Å²) in [7, 11) is 5.20. The van der Waals surface area contributed by atoms with Crippen LogP contribution < -0.4 is 14.8 Å². The average Bonchev–Trinajstić information content (AvgIpc) is 2.52. The Labute approximate surface area is 119 Å². The number of rotatable bonds is 6. The van der Waals surface area contributed by atoms with E-state index in [1.54, 1.807) is 14.2 Å². The molecule has 5 heteroatoms. The third-order valence-electron chi connectivity index (χ3n) is 3.17. The van der Waals surface area contributed by atoms with Crippen LogP contribution in [0.4, 0.5) is 0 Å². The van der Waals surface area contributed by atoms with Crippen LogP contribution in [0.15, 0.2) is 36.7 Å². The zero-order valence-corrected chi connectivity index (χ0v) is 12.0. The van der Waals surface area contributed by atoms with Crippen molar-refractivity contribution in [1.29, 1.82) is 0 Å². The van der Waals surface area contributed by atoms with E-state index >= 15 is 0 Å². The van der Waals surface area contributed by atoms with Crippen LogP contribution in [-0.4, -0.2) is 31.2 Å². The molecule has 1 atom stereocenters. The highest BCUT2D eigenvalue weighted by Crippen LogP contribution is 2.22. The van der Waals surface area contributed by atoms with Crippen LogP contribution in [0.25, 0.3) is 0 Å². The Morgan fingerprint density at radius 3 is 2.70 bits per heavy atom. The van der Waals surface area contributed by atoms with Crippen molar-refractivity contribution in [3.8, 4) is 11.6 Å². The number of aromatic nitrogens is 2. The maximum atomic E-state index is 5.26. The van der Waals surface area contributed by atoms with Gasteiger partial charge in [0.05, 0.1) is 14.2 Å². The molecule has 1 unspecified atom stereocenters. The van der Waals surface area contributed by atoms with Gasteiger partial charge < -0.3 is 14.8 Å². The standard InChI is InChI=1S/C15H19N3O2/c1-16-14(11-5-4-6-13(7-11)19-2)8-12-9-15(20-3)18-10-17-12/h4-7,9-10,14,16H,8H2,1-3H3. The summed E-state index contributed by atoms with van der Waals surface area (Å²) in [5.41, 5.74) is 2.09. The summed E-state index contributed by atoms with van der Waals surface area (Å²) in [5, 5.41) is 3.30. The number of hydrogen-bond acceptors (Lipinski definition) is 5. The highest BCUT2D eigenvalue weighted by Gasteiger charge is 2.12. The van der Waals surface area contributed by atoms with Crippen LogP contribution in [0.5, 0.6) is 11.6 Å². The first-order valence-electron chi connectivity index (χ1n) is 6.43. The van der Waals surface area contributed by atoms with Crippen molar-refractivity contribution in [2.24, 2.45) is 0 Å². The minimum atomic E-state index is 0.157. The second-order valence-electron chi connectivity index (χ2n) is 4.37. The van der Waals surface area contributed by atoms with Gasteiger partial charge >= 0.3 is 0 Å². The molecule has 1 N–H and O–H groups in total. The molecule has 0 aliphatic carbocycles. The van der Waals surface area contributed by atoms with Gasteiger partial charge in [0.2, 0.25) is 5.88 Å². The Morgan fingerprint density at radius 1 is 1.15 bits per heavy atom. The molecule has 106 valence electrons. The third kappa shape index (κ3) is 3.45. The predicted molar refractivity (Wildman–Crippen MR) is 77.1 cm³/mol. The largest absolute Gasteiger partial charge is 0.497 e. The average molecular weight is 273 g/mol. The highest BCUT2D eigenvalue weighted by molar-refractivity contribution is 5.31. The van der Waals surface area contributed by atoms with Gasteiger partial charge in [-0.25, -0.2) is 9.97 Å². The summed E-state index contributed by atoms with van der Waals surface area (Å²) in [6.07, 6.45) is 2.27. The Morgan fingerprint density at radius 2 is 2.00 bits per heavy atom. The molecule has 20 heavy (non-hydrogen) atoms. The van der Waals surface area contributed by atoms with Crippen LogP contribution >= 0.6 is 0 Å². The fraction of sp³-hybridized carbons (Fsp3) is 0.333. The van der Waals surface area contributed by atoms with Crippen LogP contribution in [0, 0.1) is 0 Å². The summed E-state index contributed by atoms with van der Waals surface area (Å²) in [4.78, 5) is 8.30. The first-order valence-corrected chi connectivity index (χ1v) is 6.43. The molecular formula is C15H19N3O2. The summed E-state index contributed by atoms with van der Waals surface area (Å²) in [6, 6.07) is 10.0. The van der Waals surface area contributed by atoms with Gasteiger partial charge in [0.1, 0.15) is 12.1 Å². The van der Waals surface area contributed by atoms with Crippen LogP contribution in [-0.2, 0) is 6.42 Å². The normalized spacial score (nSPS) is 11.9. The van der Waals surface area contributed by atoms with Gasteiger partial charge in [-0.2, -0.15) is 0 Å². The molecule has 0 radical (unpaired) electrons. The minimum Gasteiger partial charge on any atom is -0.497 e. The molecule has 0 amide bonds. The number of nitrogens with one attached hydrogen (secondary N) is 1. The number of hydrogen-bond donors (Lipinski definition) is 1. The molecular weight excluding hydrogens is 254 g/mol. The van der Waals surface area contributed by atoms with E-state index in [0.29, 0.717) is 5.88 Å². The van der Waals surface area contributed by atoms with Gasteiger partial charge in [0.15, 0.2) is 0 Å². The van der Waals surface area contributed by atoms with Crippen molar-refractivity contribution in [1.82, 2.24) is 15.3 Å². The number of benzene rings is 1. The number of ether oxygens (including phenoxy) is 2. The van der Waals surface area contributed by atoms with Crippen molar-refractivity contribution >= 4 is 0 Å². The van der Waals surface area contributed by atoms with Gasteiger partial charge in [-0.1, -0.05) is 12.1 Å². The zero-order chi connectivity index (χ0) is 14.4. The maximum Gasteiger partial charge on any atom is 0.216 e. The molecule has 0 spiro atoms. The Kier molecular flexibility index (Phi) is 4.90. The Balaban J connectivity index is 2.19. The van der Waals surface area contributed by atoms with Gasteiger partial charge in [-0.3, -0.25) is 0 Å². The van der Waals surface area contributed by atoms with E-state index in [9.17, 15) is 0 Å². The van der Waals surface area contributed by atoms with E-state index in [4.69, 9.17) is 9.47 Å². The molecule has 0 fully saturated rings. The molecule has 5 nitrogen and oxygen atoms in total. The van der Waals surface area contributed by atoms with E-state index in [2.05, 4.69) is 21.4 Å². The highest BCUT2D eigenvalue weighted by atomic mass is 16.5. The van der Waals surface area contributed by atoms with E-state index in [1.807, 2.05) is 31.3 Å². The molecule has 1 heterocycles. The van der Waals surface area contributed by atoms with Crippen LogP contribution in [0.2, 0.25) is 0 Å². The Hall–Kier alpha value is -2.14. The predicted octanol–water partition coefficient (Wildman–Crippen LogP) is 2.00. The molecule has 1 aromatic heterocycles. The van der Waals surface area contributed by atoms with Crippen molar-refractivity contribution in [2.75, 3.05) is 21.3 Å². The summed E-state index contributed by atoms with van der Waals surface area (Å²) >= 11 is 0. The topological polar surface area (TPSA) is 56.3 Å². The van der Waals surface area contributed by atoms with Crippen molar-refractivity contribution < 1.29 is 9.47 Å². The van der Waals surface area contributed by atoms with E-state index in [1.165, 1.54) is 6.33 Å². The van der Waals surface area contributed by atoms with E-state index in [0.717, 1.165) is 23.4 Å². The summed E-state index contributed by atoms with van der Waals surface area (Å²) < 4.78 is 10.4. The first kappa shape index (κ1) is 14.3. The number of methoxy groups -OCH3 is 2. The van der Waals surface area contributed by atoms with E-state index in [-0.39, 0.29) is 6.04 Å². The Bertz CT molecular complexity index is 560. The quantitative estimate of drug-likeness (QED) is 0.872. The second-order valence-corrected chi connectivity index (χ2v) is 4.37. The monoisotopic (exact) mass is 273 g/mol. The molecule has 0 aliphatic heterocycles. The number of nitrogens with zero attached hydrogens (tertiary/aromatic N) is 2. The first-order chi connectivity index (χ1) is 9.76. The fourth-order valence-corrected chi connectivity index (χ4v) is 2.05. The third-order valence-corrected chi connectivity index (χ3v) is 3.17. The second kappa shape index (κ2) is 6.86. The molecule has 2 rings (SSSR count). The minimum absolute atomic E-state index is 0.157. The lowest BCUT2D eigenvalue weighted by Crippen LogP contribution is -2.19. The van der Waals surface area contributed by atoms with E-state index < -0.39 is 0 Å².